The highest BCUT2D eigenvalue weighted by molar-refractivity contribution is 5.74. The second kappa shape index (κ2) is 8.87. The van der Waals surface area contributed by atoms with Crippen LogP contribution in [-0.2, 0) is 17.5 Å². The Balaban J connectivity index is 1.82. The molecule has 1 aromatic rings. The average molecular weight is 419 g/mol. The van der Waals surface area contributed by atoms with E-state index in [1.54, 1.807) is 25.7 Å². The number of amides is 3. The van der Waals surface area contributed by atoms with Gasteiger partial charge in [-0.15, -0.1) is 0 Å². The molecule has 10 heteroatoms. The molecule has 1 fully saturated rings. The molecule has 0 aromatic heterocycles. The summed E-state index contributed by atoms with van der Waals surface area (Å²) in [6.07, 6.45) is -4.14. The Kier molecular flexibility index (Phi) is 6.97. The lowest BCUT2D eigenvalue weighted by atomic mass is 10.1. The quantitative estimate of drug-likeness (QED) is 0.727. The Morgan fingerprint density at radius 2 is 1.79 bits per heavy atom. The van der Waals surface area contributed by atoms with Crippen molar-refractivity contribution < 1.29 is 31.9 Å². The van der Waals surface area contributed by atoms with Crippen LogP contribution in [0, 0.1) is 5.82 Å². The van der Waals surface area contributed by atoms with Crippen molar-refractivity contribution in [3.8, 4) is 0 Å². The van der Waals surface area contributed by atoms with Crippen LogP contribution in [0.1, 0.15) is 44.7 Å². The second-order valence-corrected chi connectivity index (χ2v) is 7.87. The number of carbonyl (C=O) groups excluding carboxylic acids is 2. The maximum atomic E-state index is 13.1. The first-order valence-corrected chi connectivity index (χ1v) is 9.23. The van der Waals surface area contributed by atoms with Crippen LogP contribution in [0.4, 0.5) is 27.2 Å². The van der Waals surface area contributed by atoms with E-state index in [9.17, 15) is 27.2 Å². The van der Waals surface area contributed by atoms with Crippen LogP contribution >= 0.6 is 0 Å². The molecular weight excluding hydrogens is 394 g/mol. The minimum atomic E-state index is -4.72. The summed E-state index contributed by atoms with van der Waals surface area (Å²) in [5.74, 6) is -0.998. The van der Waals surface area contributed by atoms with Crippen LogP contribution in [0.3, 0.4) is 0 Å². The van der Waals surface area contributed by atoms with Crippen LogP contribution in [0.25, 0.3) is 0 Å². The molecular formula is C19H25F4N3O3. The Labute approximate surface area is 166 Å². The normalized spacial score (nSPS) is 15.8. The minimum absolute atomic E-state index is 0.219. The summed E-state index contributed by atoms with van der Waals surface area (Å²) >= 11 is 0. The number of hydrogen-bond acceptors (Lipinski definition) is 3. The van der Waals surface area contributed by atoms with E-state index in [2.05, 4.69) is 10.6 Å². The van der Waals surface area contributed by atoms with E-state index in [-0.39, 0.29) is 11.6 Å². The third kappa shape index (κ3) is 7.10. The minimum Gasteiger partial charge on any atom is -0.444 e. The molecule has 6 nitrogen and oxygen atoms in total. The SMILES string of the molecule is CC(C)(C)OC(=O)N1CCC(NC(=O)NCc2ccc(F)cc2C(F)(F)F)CC1. The number of benzene rings is 1. The molecule has 0 spiro atoms. The first kappa shape index (κ1) is 22.8. The molecule has 1 heterocycles. The molecule has 1 aliphatic heterocycles. The number of likely N-dealkylation sites (tertiary alicyclic amines) is 1. The fraction of sp³-hybridized carbons (Fsp3) is 0.579. The van der Waals surface area contributed by atoms with Crippen LogP contribution in [-0.4, -0.2) is 41.8 Å². The van der Waals surface area contributed by atoms with Crippen molar-refractivity contribution in [3.63, 3.8) is 0 Å². The zero-order chi connectivity index (χ0) is 21.8. The number of urea groups is 1. The molecule has 1 aliphatic rings. The molecule has 0 atom stereocenters. The highest BCUT2D eigenvalue weighted by Gasteiger charge is 2.34. The van der Waals surface area contributed by atoms with Crippen LogP contribution in [0.15, 0.2) is 18.2 Å². The lowest BCUT2D eigenvalue weighted by molar-refractivity contribution is -0.138. The Morgan fingerprint density at radius 3 is 2.34 bits per heavy atom. The van der Waals surface area contributed by atoms with Crippen molar-refractivity contribution in [1.29, 1.82) is 0 Å². The maximum absolute atomic E-state index is 13.1. The summed E-state index contributed by atoms with van der Waals surface area (Å²) in [6.45, 7) is 5.72. The van der Waals surface area contributed by atoms with Gasteiger partial charge in [-0.3, -0.25) is 0 Å². The highest BCUT2D eigenvalue weighted by Crippen LogP contribution is 2.32. The van der Waals surface area contributed by atoms with Crippen molar-refractivity contribution in [3.05, 3.63) is 35.1 Å². The van der Waals surface area contributed by atoms with Crippen molar-refractivity contribution >= 4 is 12.1 Å². The van der Waals surface area contributed by atoms with E-state index in [0.717, 1.165) is 12.1 Å². The van der Waals surface area contributed by atoms with Gasteiger partial charge in [-0.1, -0.05) is 6.07 Å². The van der Waals surface area contributed by atoms with Gasteiger partial charge in [0.2, 0.25) is 0 Å². The molecule has 0 bridgehead atoms. The van der Waals surface area contributed by atoms with Gasteiger partial charge in [-0.25, -0.2) is 14.0 Å². The number of hydrogen-bond donors (Lipinski definition) is 2. The number of carbonyl (C=O) groups is 2. The predicted molar refractivity (Wildman–Crippen MR) is 97.6 cm³/mol. The van der Waals surface area contributed by atoms with Gasteiger partial charge < -0.3 is 20.3 Å². The maximum Gasteiger partial charge on any atom is 0.416 e. The van der Waals surface area contributed by atoms with Crippen LogP contribution < -0.4 is 10.6 Å². The largest absolute Gasteiger partial charge is 0.444 e. The Morgan fingerprint density at radius 1 is 1.17 bits per heavy atom. The van der Waals surface area contributed by atoms with Crippen molar-refractivity contribution in [2.24, 2.45) is 0 Å². The van der Waals surface area contributed by atoms with Crippen molar-refractivity contribution in [2.45, 2.75) is 58.0 Å². The van der Waals surface area contributed by atoms with Gasteiger partial charge in [-0.2, -0.15) is 13.2 Å². The summed E-state index contributed by atoms with van der Waals surface area (Å²) in [5.41, 5.74) is -1.95. The Hall–Kier alpha value is -2.52. The highest BCUT2D eigenvalue weighted by atomic mass is 19.4. The molecule has 2 rings (SSSR count). The molecule has 1 saturated heterocycles. The molecule has 1 aromatic carbocycles. The smallest absolute Gasteiger partial charge is 0.416 e. The number of ether oxygens (including phenoxy) is 1. The number of rotatable bonds is 3. The predicted octanol–water partition coefficient (Wildman–Crippen LogP) is 4.04. The van der Waals surface area contributed by atoms with E-state index in [0.29, 0.717) is 32.0 Å². The lowest BCUT2D eigenvalue weighted by Crippen LogP contribution is -2.49. The molecule has 162 valence electrons. The monoisotopic (exact) mass is 419 g/mol. The lowest BCUT2D eigenvalue weighted by Gasteiger charge is -2.33. The average Bonchev–Trinajstić information content (AvgIpc) is 2.59. The first-order valence-electron chi connectivity index (χ1n) is 9.23. The Bertz CT molecular complexity index is 739. The summed E-state index contributed by atoms with van der Waals surface area (Å²) in [5, 5.41) is 5.05. The summed E-state index contributed by atoms with van der Waals surface area (Å²) in [4.78, 5) is 25.6. The van der Waals surface area contributed by atoms with E-state index in [4.69, 9.17) is 4.74 Å². The molecule has 0 unspecified atom stereocenters. The van der Waals surface area contributed by atoms with Gasteiger partial charge in [0.15, 0.2) is 0 Å². The molecule has 29 heavy (non-hydrogen) atoms. The van der Waals surface area contributed by atoms with E-state index in [1.807, 2.05) is 0 Å². The number of nitrogens with zero attached hydrogens (tertiary/aromatic N) is 1. The number of alkyl halides is 3. The number of nitrogens with one attached hydrogen (secondary N) is 2. The fourth-order valence-corrected chi connectivity index (χ4v) is 2.91. The zero-order valence-electron chi connectivity index (χ0n) is 16.5. The van der Waals surface area contributed by atoms with Gasteiger partial charge in [0.05, 0.1) is 5.56 Å². The topological polar surface area (TPSA) is 70.7 Å². The standard InChI is InChI=1S/C19H25F4N3O3/c1-18(2,3)29-17(28)26-8-6-14(7-9-26)25-16(27)24-11-12-4-5-13(20)10-15(12)19(21,22)23/h4-5,10,14H,6-9,11H2,1-3H3,(H2,24,25,27). The zero-order valence-corrected chi connectivity index (χ0v) is 16.5. The third-order valence-corrected chi connectivity index (χ3v) is 4.30. The van der Waals surface area contributed by atoms with Crippen molar-refractivity contribution in [2.75, 3.05) is 13.1 Å². The van der Waals surface area contributed by atoms with Gasteiger partial charge in [0, 0.05) is 25.7 Å². The van der Waals surface area contributed by atoms with E-state index in [1.165, 1.54) is 0 Å². The molecule has 0 radical (unpaired) electrons. The number of halogens is 4. The summed E-state index contributed by atoms with van der Waals surface area (Å²) in [6, 6.07) is 1.47. The third-order valence-electron chi connectivity index (χ3n) is 4.30. The fourth-order valence-electron chi connectivity index (χ4n) is 2.91. The second-order valence-electron chi connectivity index (χ2n) is 7.87. The van der Waals surface area contributed by atoms with Crippen LogP contribution in [0.5, 0.6) is 0 Å². The molecule has 3 amide bonds. The van der Waals surface area contributed by atoms with E-state index >= 15 is 0 Å². The molecule has 0 saturated carbocycles. The summed E-state index contributed by atoms with van der Waals surface area (Å²) < 4.78 is 57.4. The van der Waals surface area contributed by atoms with Gasteiger partial charge in [-0.05, 0) is 51.3 Å². The molecule has 0 aliphatic carbocycles. The van der Waals surface area contributed by atoms with E-state index < -0.39 is 41.8 Å². The van der Waals surface area contributed by atoms with Gasteiger partial charge >= 0.3 is 18.3 Å². The van der Waals surface area contributed by atoms with Gasteiger partial charge in [0.25, 0.3) is 0 Å². The van der Waals surface area contributed by atoms with Gasteiger partial charge in [0.1, 0.15) is 11.4 Å². The summed E-state index contributed by atoms with van der Waals surface area (Å²) in [7, 11) is 0. The first-order chi connectivity index (χ1) is 13.3. The van der Waals surface area contributed by atoms with Crippen LogP contribution in [0.2, 0.25) is 0 Å². The number of piperidine rings is 1. The molecule has 2 N–H and O–H groups in total. The van der Waals surface area contributed by atoms with Crippen molar-refractivity contribution in [1.82, 2.24) is 15.5 Å².